The molecule has 0 spiro atoms. The van der Waals surface area contributed by atoms with Crippen LogP contribution in [0.15, 0.2) is 53.4 Å². The van der Waals surface area contributed by atoms with Gasteiger partial charge in [0.2, 0.25) is 11.8 Å². The quantitative estimate of drug-likeness (QED) is 0.588. The lowest BCUT2D eigenvalue weighted by Gasteiger charge is -2.29. The molecule has 2 N–H and O–H groups in total. The van der Waals surface area contributed by atoms with Gasteiger partial charge < -0.3 is 14.6 Å². The molecule has 1 fully saturated rings. The van der Waals surface area contributed by atoms with E-state index in [-0.39, 0.29) is 30.7 Å². The van der Waals surface area contributed by atoms with Crippen molar-refractivity contribution in [1.82, 2.24) is 20.0 Å². The Bertz CT molecular complexity index is 1230. The lowest BCUT2D eigenvalue weighted by Crippen LogP contribution is -2.52. The van der Waals surface area contributed by atoms with Crippen molar-refractivity contribution in [3.8, 4) is 0 Å². The third-order valence-electron chi connectivity index (χ3n) is 5.58. The van der Waals surface area contributed by atoms with E-state index in [0.29, 0.717) is 35.5 Å². The largest absolute Gasteiger partial charge is 0.467 e. The van der Waals surface area contributed by atoms with Gasteiger partial charge in [-0.25, -0.2) is 0 Å². The predicted molar refractivity (Wildman–Crippen MR) is 110 cm³/mol. The maximum atomic E-state index is 12.9. The molecule has 3 aromatic rings. The van der Waals surface area contributed by atoms with Crippen molar-refractivity contribution in [1.29, 1.82) is 0 Å². The number of nitrogens with one attached hydrogen (secondary N) is 2. The Morgan fingerprint density at radius 1 is 1.25 bits per heavy atom. The number of imide groups is 1. The zero-order chi connectivity index (χ0) is 22.2. The van der Waals surface area contributed by atoms with Crippen molar-refractivity contribution in [3.05, 3.63) is 71.4 Å². The summed E-state index contributed by atoms with van der Waals surface area (Å²) in [4.78, 5) is 50.6. The van der Waals surface area contributed by atoms with E-state index in [9.17, 15) is 19.2 Å². The summed E-state index contributed by atoms with van der Waals surface area (Å²) in [5.41, 5.74) is 2.01. The van der Waals surface area contributed by atoms with Crippen molar-refractivity contribution in [3.63, 3.8) is 0 Å². The van der Waals surface area contributed by atoms with Crippen LogP contribution >= 0.6 is 0 Å². The van der Waals surface area contributed by atoms with E-state index in [1.54, 1.807) is 47.4 Å². The number of benzene rings is 1. The summed E-state index contributed by atoms with van der Waals surface area (Å²) < 4.78 is 7.12. The van der Waals surface area contributed by atoms with Crippen LogP contribution in [0.3, 0.4) is 0 Å². The van der Waals surface area contributed by atoms with Gasteiger partial charge in [0.1, 0.15) is 18.1 Å². The second-order valence-electron chi connectivity index (χ2n) is 7.73. The molecule has 0 radical (unpaired) electrons. The number of furan rings is 1. The lowest BCUT2D eigenvalue weighted by molar-refractivity contribution is -0.136. The Morgan fingerprint density at radius 2 is 2.12 bits per heavy atom. The molecule has 5 rings (SSSR count). The van der Waals surface area contributed by atoms with Crippen LogP contribution in [0.2, 0.25) is 0 Å². The van der Waals surface area contributed by atoms with Crippen LogP contribution in [-0.4, -0.2) is 44.4 Å². The Morgan fingerprint density at radius 3 is 2.91 bits per heavy atom. The van der Waals surface area contributed by atoms with Gasteiger partial charge in [-0.3, -0.25) is 29.2 Å². The van der Waals surface area contributed by atoms with E-state index in [1.807, 2.05) is 0 Å². The maximum Gasteiger partial charge on any atom is 0.258 e. The van der Waals surface area contributed by atoms with Gasteiger partial charge >= 0.3 is 0 Å². The van der Waals surface area contributed by atoms with Gasteiger partial charge in [0.25, 0.3) is 11.8 Å². The van der Waals surface area contributed by atoms with Crippen LogP contribution in [0.4, 0.5) is 5.69 Å². The molecule has 10 nitrogen and oxygen atoms in total. The Labute approximate surface area is 182 Å². The molecule has 0 bridgehead atoms. The predicted octanol–water partition coefficient (Wildman–Crippen LogP) is 1.54. The molecule has 162 valence electrons. The Kier molecular flexibility index (Phi) is 4.81. The van der Waals surface area contributed by atoms with E-state index in [0.717, 1.165) is 5.56 Å². The first-order valence-corrected chi connectivity index (χ1v) is 10.1. The minimum atomic E-state index is -0.676. The lowest BCUT2D eigenvalue weighted by atomic mass is 10.0. The molecule has 0 saturated carbocycles. The van der Waals surface area contributed by atoms with Gasteiger partial charge in [0, 0.05) is 36.6 Å². The number of piperidine rings is 1. The number of hydrogen-bond acceptors (Lipinski definition) is 6. The SMILES string of the molecule is O=C1CCC(N2Cc3ccc(NC(=O)c4coc(Cn5cccn5)c4)cc3C2=O)C(=O)N1. The molecular weight excluding hydrogens is 414 g/mol. The van der Waals surface area contributed by atoms with E-state index in [1.165, 1.54) is 11.2 Å². The first-order chi connectivity index (χ1) is 15.5. The molecule has 1 unspecified atom stereocenters. The molecule has 32 heavy (non-hydrogen) atoms. The fourth-order valence-corrected chi connectivity index (χ4v) is 3.97. The summed E-state index contributed by atoms with van der Waals surface area (Å²) in [6.07, 6.45) is 5.33. The van der Waals surface area contributed by atoms with Gasteiger partial charge in [0.15, 0.2) is 0 Å². The first kappa shape index (κ1) is 19.7. The molecular formula is C22H19N5O5. The molecule has 0 aliphatic carbocycles. The summed E-state index contributed by atoms with van der Waals surface area (Å²) in [5, 5.41) is 9.16. The van der Waals surface area contributed by atoms with Crippen LogP contribution in [-0.2, 0) is 22.7 Å². The Hall–Kier alpha value is -4.21. The molecule has 2 aromatic heterocycles. The highest BCUT2D eigenvalue weighted by Gasteiger charge is 2.39. The number of nitrogens with zero attached hydrogens (tertiary/aromatic N) is 3. The van der Waals surface area contributed by atoms with E-state index in [2.05, 4.69) is 15.7 Å². The normalized spacial score (nSPS) is 17.9. The molecule has 1 saturated heterocycles. The smallest absolute Gasteiger partial charge is 0.258 e. The number of fused-ring (bicyclic) bond motifs is 1. The summed E-state index contributed by atoms with van der Waals surface area (Å²) in [6.45, 7) is 0.691. The topological polar surface area (TPSA) is 127 Å². The van der Waals surface area contributed by atoms with E-state index >= 15 is 0 Å². The number of hydrogen-bond donors (Lipinski definition) is 2. The minimum absolute atomic E-state index is 0.199. The van der Waals surface area contributed by atoms with Crippen molar-refractivity contribution in [2.75, 3.05) is 5.32 Å². The van der Waals surface area contributed by atoms with Crippen LogP contribution < -0.4 is 10.6 Å². The van der Waals surface area contributed by atoms with Crippen molar-refractivity contribution >= 4 is 29.3 Å². The molecule has 1 aromatic carbocycles. The molecule has 4 heterocycles. The van der Waals surface area contributed by atoms with Crippen LogP contribution in [0, 0.1) is 0 Å². The highest BCUT2D eigenvalue weighted by atomic mass is 16.3. The van der Waals surface area contributed by atoms with E-state index in [4.69, 9.17) is 4.42 Å². The molecule has 2 aliphatic heterocycles. The van der Waals surface area contributed by atoms with Gasteiger partial charge in [-0.1, -0.05) is 6.07 Å². The first-order valence-electron chi connectivity index (χ1n) is 10.1. The second kappa shape index (κ2) is 7.80. The summed E-state index contributed by atoms with van der Waals surface area (Å²) in [7, 11) is 0. The van der Waals surface area contributed by atoms with Crippen molar-refractivity contribution < 1.29 is 23.6 Å². The Balaban J connectivity index is 1.27. The summed E-state index contributed by atoms with van der Waals surface area (Å²) in [5.74, 6) is -0.861. The average molecular weight is 433 g/mol. The third-order valence-corrected chi connectivity index (χ3v) is 5.58. The fourth-order valence-electron chi connectivity index (χ4n) is 3.97. The van der Waals surface area contributed by atoms with Crippen LogP contribution in [0.1, 0.15) is 44.9 Å². The summed E-state index contributed by atoms with van der Waals surface area (Å²) >= 11 is 0. The van der Waals surface area contributed by atoms with Crippen molar-refractivity contribution in [2.45, 2.75) is 32.0 Å². The third kappa shape index (κ3) is 3.66. The van der Waals surface area contributed by atoms with E-state index < -0.39 is 11.9 Å². The number of carbonyl (C=O) groups is 4. The number of rotatable bonds is 5. The zero-order valence-electron chi connectivity index (χ0n) is 16.9. The number of amides is 4. The monoisotopic (exact) mass is 433 g/mol. The van der Waals surface area contributed by atoms with Gasteiger partial charge in [-0.15, -0.1) is 0 Å². The number of carbonyl (C=O) groups excluding carboxylic acids is 4. The molecule has 1 atom stereocenters. The zero-order valence-corrected chi connectivity index (χ0v) is 16.9. The maximum absolute atomic E-state index is 12.9. The molecule has 2 aliphatic rings. The molecule has 4 amide bonds. The van der Waals surface area contributed by atoms with Gasteiger partial charge in [-0.05, 0) is 36.2 Å². The van der Waals surface area contributed by atoms with Gasteiger partial charge in [0.05, 0.1) is 12.1 Å². The van der Waals surface area contributed by atoms with Gasteiger partial charge in [-0.2, -0.15) is 5.10 Å². The second-order valence-corrected chi connectivity index (χ2v) is 7.73. The number of anilines is 1. The van der Waals surface area contributed by atoms with Crippen LogP contribution in [0.5, 0.6) is 0 Å². The van der Waals surface area contributed by atoms with Crippen LogP contribution in [0.25, 0.3) is 0 Å². The average Bonchev–Trinajstić information content (AvgIpc) is 3.51. The summed E-state index contributed by atoms with van der Waals surface area (Å²) in [6, 6.07) is 7.83. The van der Waals surface area contributed by atoms with Crippen molar-refractivity contribution in [2.24, 2.45) is 0 Å². The molecule has 10 heteroatoms. The standard InChI is InChI=1S/C22H19N5O5/c28-19-5-4-18(21(30)25-19)27-10-13-2-3-15(9-17(13)22(27)31)24-20(29)14-8-16(32-12-14)11-26-7-1-6-23-26/h1-3,6-9,12,18H,4-5,10-11H2,(H,24,29)(H,25,28,30). The fraction of sp³-hybridized carbons (Fsp3) is 0.227. The highest BCUT2D eigenvalue weighted by molar-refractivity contribution is 6.07. The highest BCUT2D eigenvalue weighted by Crippen LogP contribution is 2.29. The number of aromatic nitrogens is 2. The minimum Gasteiger partial charge on any atom is -0.467 e.